The van der Waals surface area contributed by atoms with Gasteiger partial charge in [0.15, 0.2) is 5.96 Å². The van der Waals surface area contributed by atoms with Gasteiger partial charge in [0.25, 0.3) is 5.91 Å². The van der Waals surface area contributed by atoms with Crippen LogP contribution in [0.25, 0.3) is 0 Å². The minimum Gasteiger partial charge on any atom is -0.357 e. The summed E-state index contributed by atoms with van der Waals surface area (Å²) in [6.07, 6.45) is 0.737. The average molecular weight is 370 g/mol. The Labute approximate surface area is 160 Å². The van der Waals surface area contributed by atoms with Gasteiger partial charge in [-0.2, -0.15) is 0 Å². The summed E-state index contributed by atoms with van der Waals surface area (Å²) in [7, 11) is 0. The SMILES string of the molecule is CCNC(=NCCc1ccc(F)cc1)NCCNC(=O)c1cccc(C)c1. The van der Waals surface area contributed by atoms with Crippen LogP contribution in [0.2, 0.25) is 0 Å². The van der Waals surface area contributed by atoms with E-state index in [1.54, 1.807) is 18.2 Å². The Morgan fingerprint density at radius 2 is 1.78 bits per heavy atom. The van der Waals surface area contributed by atoms with Crippen molar-refractivity contribution in [1.82, 2.24) is 16.0 Å². The second kappa shape index (κ2) is 11.0. The van der Waals surface area contributed by atoms with Crippen molar-refractivity contribution in [2.24, 2.45) is 4.99 Å². The van der Waals surface area contributed by atoms with E-state index in [1.807, 2.05) is 32.0 Å². The third-order valence-corrected chi connectivity index (χ3v) is 3.91. The lowest BCUT2D eigenvalue weighted by atomic mass is 10.1. The first-order valence-corrected chi connectivity index (χ1v) is 9.20. The molecule has 6 heteroatoms. The van der Waals surface area contributed by atoms with Crippen molar-refractivity contribution in [3.05, 3.63) is 71.0 Å². The summed E-state index contributed by atoms with van der Waals surface area (Å²) in [6.45, 7) is 6.36. The fourth-order valence-electron chi connectivity index (χ4n) is 2.53. The molecule has 3 N–H and O–H groups in total. The third kappa shape index (κ3) is 7.48. The quantitative estimate of drug-likeness (QED) is 0.380. The van der Waals surface area contributed by atoms with Gasteiger partial charge in [0.05, 0.1) is 0 Å². The van der Waals surface area contributed by atoms with Gasteiger partial charge in [0.2, 0.25) is 0 Å². The van der Waals surface area contributed by atoms with Crippen molar-refractivity contribution in [3.63, 3.8) is 0 Å². The van der Waals surface area contributed by atoms with Crippen molar-refractivity contribution in [2.45, 2.75) is 20.3 Å². The number of hydrogen-bond acceptors (Lipinski definition) is 2. The van der Waals surface area contributed by atoms with E-state index < -0.39 is 0 Å². The number of carbonyl (C=O) groups excluding carboxylic acids is 1. The smallest absolute Gasteiger partial charge is 0.251 e. The summed E-state index contributed by atoms with van der Waals surface area (Å²) >= 11 is 0. The molecule has 0 aliphatic rings. The summed E-state index contributed by atoms with van der Waals surface area (Å²) in [5.41, 5.74) is 2.76. The van der Waals surface area contributed by atoms with E-state index in [-0.39, 0.29) is 11.7 Å². The maximum Gasteiger partial charge on any atom is 0.251 e. The first-order chi connectivity index (χ1) is 13.1. The summed E-state index contributed by atoms with van der Waals surface area (Å²) in [6, 6.07) is 14.0. The molecule has 0 bridgehead atoms. The lowest BCUT2D eigenvalue weighted by molar-refractivity contribution is 0.0954. The van der Waals surface area contributed by atoms with Crippen LogP contribution in [-0.4, -0.2) is 38.0 Å². The predicted octanol–water partition coefficient (Wildman–Crippen LogP) is 2.66. The van der Waals surface area contributed by atoms with Crippen LogP contribution in [0.1, 0.15) is 28.4 Å². The number of rotatable bonds is 8. The van der Waals surface area contributed by atoms with Gasteiger partial charge < -0.3 is 16.0 Å². The number of benzene rings is 2. The third-order valence-electron chi connectivity index (χ3n) is 3.91. The Morgan fingerprint density at radius 3 is 2.48 bits per heavy atom. The van der Waals surface area contributed by atoms with Gasteiger partial charge in [-0.05, 0) is 50.1 Å². The zero-order valence-corrected chi connectivity index (χ0v) is 15.9. The van der Waals surface area contributed by atoms with Crippen LogP contribution >= 0.6 is 0 Å². The van der Waals surface area contributed by atoms with Gasteiger partial charge in [-0.15, -0.1) is 0 Å². The highest BCUT2D eigenvalue weighted by Crippen LogP contribution is 2.04. The zero-order valence-electron chi connectivity index (χ0n) is 15.9. The normalized spacial score (nSPS) is 11.1. The van der Waals surface area contributed by atoms with Crippen LogP contribution in [-0.2, 0) is 6.42 Å². The number of nitrogens with zero attached hydrogens (tertiary/aromatic N) is 1. The maximum atomic E-state index is 12.9. The van der Waals surface area contributed by atoms with Crippen LogP contribution in [0.15, 0.2) is 53.5 Å². The van der Waals surface area contributed by atoms with Crippen LogP contribution < -0.4 is 16.0 Å². The van der Waals surface area contributed by atoms with Gasteiger partial charge in [-0.25, -0.2) is 4.39 Å². The standard InChI is InChI=1S/C21H27FN4O/c1-3-23-21(25-12-11-17-7-9-19(22)10-8-17)26-14-13-24-20(27)18-6-4-5-16(2)15-18/h4-10,15H,3,11-14H2,1-2H3,(H,24,27)(H2,23,25,26). The molecule has 0 aromatic heterocycles. The lowest BCUT2D eigenvalue weighted by Gasteiger charge is -2.12. The number of guanidine groups is 1. The minimum atomic E-state index is -0.232. The summed E-state index contributed by atoms with van der Waals surface area (Å²) in [4.78, 5) is 16.6. The molecule has 0 radical (unpaired) electrons. The second-order valence-corrected chi connectivity index (χ2v) is 6.19. The van der Waals surface area contributed by atoms with Crippen LogP contribution in [0.4, 0.5) is 4.39 Å². The average Bonchev–Trinajstić information content (AvgIpc) is 2.66. The first kappa shape index (κ1) is 20.4. The van der Waals surface area contributed by atoms with Gasteiger partial charge in [-0.1, -0.05) is 29.8 Å². The Kier molecular flexibility index (Phi) is 8.29. The van der Waals surface area contributed by atoms with Gasteiger partial charge in [-0.3, -0.25) is 9.79 Å². The molecule has 0 fully saturated rings. The highest BCUT2D eigenvalue weighted by Gasteiger charge is 2.04. The zero-order chi connectivity index (χ0) is 19.5. The summed E-state index contributed by atoms with van der Waals surface area (Å²) in [5, 5.41) is 9.26. The maximum absolute atomic E-state index is 12.9. The van der Waals surface area contributed by atoms with Crippen LogP contribution in [0.3, 0.4) is 0 Å². The monoisotopic (exact) mass is 370 g/mol. The van der Waals surface area contributed by atoms with E-state index in [9.17, 15) is 9.18 Å². The molecule has 2 rings (SSSR count). The number of aliphatic imine (C=N–C) groups is 1. The van der Waals surface area contributed by atoms with Gasteiger partial charge in [0, 0.05) is 31.7 Å². The van der Waals surface area contributed by atoms with Gasteiger partial charge in [0.1, 0.15) is 5.82 Å². The highest BCUT2D eigenvalue weighted by atomic mass is 19.1. The molecule has 0 unspecified atom stereocenters. The van der Waals surface area contributed by atoms with Crippen LogP contribution in [0, 0.1) is 12.7 Å². The van der Waals surface area contributed by atoms with Crippen molar-refractivity contribution >= 4 is 11.9 Å². The molecule has 0 atom stereocenters. The Hall–Kier alpha value is -2.89. The first-order valence-electron chi connectivity index (χ1n) is 9.20. The molecule has 2 aromatic rings. The number of nitrogens with one attached hydrogen (secondary N) is 3. The topological polar surface area (TPSA) is 65.5 Å². The van der Waals surface area contributed by atoms with Gasteiger partial charge >= 0.3 is 0 Å². The molecule has 0 heterocycles. The molecule has 0 aliphatic carbocycles. The minimum absolute atomic E-state index is 0.0845. The molecule has 0 spiro atoms. The largest absolute Gasteiger partial charge is 0.357 e. The van der Waals surface area contributed by atoms with E-state index >= 15 is 0 Å². The van der Waals surface area contributed by atoms with E-state index in [2.05, 4.69) is 20.9 Å². The lowest BCUT2D eigenvalue weighted by Crippen LogP contribution is -2.41. The molecule has 0 aliphatic heterocycles. The predicted molar refractivity (Wildman–Crippen MR) is 108 cm³/mol. The highest BCUT2D eigenvalue weighted by molar-refractivity contribution is 5.94. The second-order valence-electron chi connectivity index (χ2n) is 6.19. The van der Waals surface area contributed by atoms with E-state index in [4.69, 9.17) is 0 Å². The number of halogens is 1. The molecule has 1 amide bonds. The Bertz CT molecular complexity index is 759. The van der Waals surface area contributed by atoms with E-state index in [1.165, 1.54) is 12.1 Å². The van der Waals surface area contributed by atoms with Crippen molar-refractivity contribution in [1.29, 1.82) is 0 Å². The number of hydrogen-bond donors (Lipinski definition) is 3. The molecule has 5 nitrogen and oxygen atoms in total. The molecule has 27 heavy (non-hydrogen) atoms. The van der Waals surface area contributed by atoms with E-state index in [0.29, 0.717) is 31.2 Å². The Morgan fingerprint density at radius 1 is 1.04 bits per heavy atom. The summed E-state index contributed by atoms with van der Waals surface area (Å²) in [5.74, 6) is 0.383. The molecular weight excluding hydrogens is 343 g/mol. The fraction of sp³-hybridized carbons (Fsp3) is 0.333. The van der Waals surface area contributed by atoms with E-state index in [0.717, 1.165) is 24.1 Å². The van der Waals surface area contributed by atoms with Crippen LogP contribution in [0.5, 0.6) is 0 Å². The summed E-state index contributed by atoms with van der Waals surface area (Å²) < 4.78 is 12.9. The van der Waals surface area contributed by atoms with Crippen molar-refractivity contribution < 1.29 is 9.18 Å². The molecule has 0 saturated carbocycles. The molecule has 2 aromatic carbocycles. The number of amides is 1. The van der Waals surface area contributed by atoms with Crippen molar-refractivity contribution in [2.75, 3.05) is 26.2 Å². The fourth-order valence-corrected chi connectivity index (χ4v) is 2.53. The number of carbonyl (C=O) groups is 1. The molecular formula is C21H27FN4O. The molecule has 0 saturated heterocycles. The number of aryl methyl sites for hydroxylation is 1. The Balaban J connectivity index is 1.74. The van der Waals surface area contributed by atoms with Crippen molar-refractivity contribution in [3.8, 4) is 0 Å². The molecule has 144 valence electrons.